The molecular weight excluding hydrogens is 370 g/mol. The number of hydrogen-bond acceptors (Lipinski definition) is 4. The van der Waals surface area contributed by atoms with E-state index in [4.69, 9.17) is 0 Å². The van der Waals surface area contributed by atoms with Crippen molar-refractivity contribution in [1.82, 2.24) is 14.7 Å². The average molecular weight is 396 g/mol. The highest BCUT2D eigenvalue weighted by Crippen LogP contribution is 2.27. The Hall–Kier alpha value is -2.47. The molecule has 2 aromatic heterocycles. The van der Waals surface area contributed by atoms with Crippen molar-refractivity contribution in [1.29, 1.82) is 0 Å². The lowest BCUT2D eigenvalue weighted by atomic mass is 10.1. The van der Waals surface area contributed by atoms with E-state index in [1.807, 2.05) is 25.1 Å². The van der Waals surface area contributed by atoms with Gasteiger partial charge in [-0.15, -0.1) is 11.3 Å². The first-order chi connectivity index (χ1) is 13.6. The quantitative estimate of drug-likeness (QED) is 0.669. The first kappa shape index (κ1) is 18.9. The van der Waals surface area contributed by atoms with Gasteiger partial charge in [-0.3, -0.25) is 14.0 Å². The Morgan fingerprint density at radius 1 is 1.21 bits per heavy atom. The van der Waals surface area contributed by atoms with E-state index in [-0.39, 0.29) is 23.1 Å². The molecule has 4 rings (SSSR count). The Kier molecular flexibility index (Phi) is 5.57. The standard InChI is InChI=1S/C22H25N3O2S/c1-15(12-13-16-8-4-2-5-9-16)24-20(26)17-14-23-22-25(21(17)27)18-10-6-3-7-11-19(18)28-22/h2,4-5,8-9,14-15H,3,6-7,10-13H2,1H3,(H,24,26). The van der Waals surface area contributed by atoms with Gasteiger partial charge in [0.15, 0.2) is 4.96 Å². The van der Waals surface area contributed by atoms with Crippen molar-refractivity contribution in [2.75, 3.05) is 0 Å². The maximum Gasteiger partial charge on any atom is 0.271 e. The highest BCUT2D eigenvalue weighted by Gasteiger charge is 2.21. The zero-order valence-corrected chi connectivity index (χ0v) is 16.9. The van der Waals surface area contributed by atoms with Crippen LogP contribution in [0.25, 0.3) is 4.96 Å². The van der Waals surface area contributed by atoms with Crippen LogP contribution in [0.15, 0.2) is 41.3 Å². The highest BCUT2D eigenvalue weighted by atomic mass is 32.1. The summed E-state index contributed by atoms with van der Waals surface area (Å²) in [6.07, 6.45) is 8.45. The summed E-state index contributed by atoms with van der Waals surface area (Å²) in [5.41, 5.74) is 2.19. The van der Waals surface area contributed by atoms with Crippen LogP contribution in [0, 0.1) is 0 Å². The van der Waals surface area contributed by atoms with Crippen molar-refractivity contribution < 1.29 is 4.79 Å². The molecular formula is C22H25N3O2S. The van der Waals surface area contributed by atoms with Crippen LogP contribution in [0.3, 0.4) is 0 Å². The van der Waals surface area contributed by atoms with Crippen molar-refractivity contribution in [2.45, 2.75) is 57.9 Å². The molecule has 1 aromatic carbocycles. The highest BCUT2D eigenvalue weighted by molar-refractivity contribution is 7.17. The minimum absolute atomic E-state index is 0.0209. The summed E-state index contributed by atoms with van der Waals surface area (Å²) in [4.78, 5) is 32.1. The maximum absolute atomic E-state index is 13.0. The smallest absolute Gasteiger partial charge is 0.271 e. The molecule has 6 heteroatoms. The fourth-order valence-electron chi connectivity index (χ4n) is 3.80. The van der Waals surface area contributed by atoms with Crippen molar-refractivity contribution in [3.05, 3.63) is 68.6 Å². The number of nitrogens with one attached hydrogen (secondary N) is 1. The summed E-state index contributed by atoms with van der Waals surface area (Å²) in [6, 6.07) is 10.2. The van der Waals surface area contributed by atoms with Gasteiger partial charge in [0.05, 0.1) is 0 Å². The Morgan fingerprint density at radius 2 is 2.00 bits per heavy atom. The van der Waals surface area contributed by atoms with Crippen LogP contribution in [-0.4, -0.2) is 21.3 Å². The van der Waals surface area contributed by atoms with Gasteiger partial charge in [0, 0.05) is 22.8 Å². The number of aryl methyl sites for hydroxylation is 3. The summed E-state index contributed by atoms with van der Waals surface area (Å²) in [5.74, 6) is -0.332. The molecule has 28 heavy (non-hydrogen) atoms. The molecule has 0 saturated carbocycles. The number of benzene rings is 1. The molecule has 0 spiro atoms. The second kappa shape index (κ2) is 8.27. The van der Waals surface area contributed by atoms with E-state index < -0.39 is 0 Å². The topological polar surface area (TPSA) is 63.5 Å². The Morgan fingerprint density at radius 3 is 2.82 bits per heavy atom. The van der Waals surface area contributed by atoms with Crippen LogP contribution < -0.4 is 10.9 Å². The SMILES string of the molecule is CC(CCc1ccccc1)NC(=O)c1cnc2sc3c(n2c1=O)CCCCC3. The van der Waals surface area contributed by atoms with Crippen molar-refractivity contribution in [3.8, 4) is 0 Å². The van der Waals surface area contributed by atoms with Crippen molar-refractivity contribution >= 4 is 22.2 Å². The molecule has 1 unspecified atom stereocenters. The zero-order chi connectivity index (χ0) is 19.5. The molecule has 146 valence electrons. The largest absolute Gasteiger partial charge is 0.349 e. The molecule has 1 aliphatic rings. The number of rotatable bonds is 5. The van der Waals surface area contributed by atoms with Crippen LogP contribution in [0.5, 0.6) is 0 Å². The first-order valence-electron chi connectivity index (χ1n) is 10.0. The van der Waals surface area contributed by atoms with E-state index >= 15 is 0 Å². The number of fused-ring (bicyclic) bond motifs is 3. The molecule has 1 atom stereocenters. The van der Waals surface area contributed by atoms with Crippen LogP contribution in [0.2, 0.25) is 0 Å². The van der Waals surface area contributed by atoms with E-state index in [0.29, 0.717) is 4.96 Å². The minimum Gasteiger partial charge on any atom is -0.349 e. The lowest BCUT2D eigenvalue weighted by Gasteiger charge is -2.13. The van der Waals surface area contributed by atoms with Crippen LogP contribution in [0.1, 0.15) is 59.1 Å². The lowest BCUT2D eigenvalue weighted by molar-refractivity contribution is 0.0936. The number of aromatic nitrogens is 2. The fraction of sp³-hybridized carbons (Fsp3) is 0.409. The van der Waals surface area contributed by atoms with Crippen molar-refractivity contribution in [2.24, 2.45) is 0 Å². The van der Waals surface area contributed by atoms with Gasteiger partial charge in [-0.25, -0.2) is 4.98 Å². The van der Waals surface area contributed by atoms with E-state index in [2.05, 4.69) is 22.4 Å². The van der Waals surface area contributed by atoms with Gasteiger partial charge >= 0.3 is 0 Å². The van der Waals surface area contributed by atoms with Gasteiger partial charge in [0.25, 0.3) is 11.5 Å². The average Bonchev–Trinajstić information content (AvgIpc) is 2.90. The fourth-order valence-corrected chi connectivity index (χ4v) is 4.97. The monoisotopic (exact) mass is 395 g/mol. The molecule has 2 heterocycles. The van der Waals surface area contributed by atoms with E-state index in [1.54, 1.807) is 15.7 Å². The Balaban J connectivity index is 1.51. The third kappa shape index (κ3) is 3.87. The zero-order valence-electron chi connectivity index (χ0n) is 16.1. The van der Waals surface area contributed by atoms with Gasteiger partial charge in [-0.1, -0.05) is 36.8 Å². The van der Waals surface area contributed by atoms with Crippen LogP contribution >= 0.6 is 11.3 Å². The molecule has 1 aliphatic carbocycles. The summed E-state index contributed by atoms with van der Waals surface area (Å²) in [7, 11) is 0. The summed E-state index contributed by atoms with van der Waals surface area (Å²) in [5, 5.41) is 2.97. The normalized spacial score (nSPS) is 15.0. The molecule has 5 nitrogen and oxygen atoms in total. The van der Waals surface area contributed by atoms with E-state index in [9.17, 15) is 9.59 Å². The summed E-state index contributed by atoms with van der Waals surface area (Å²) < 4.78 is 1.68. The van der Waals surface area contributed by atoms with Crippen LogP contribution in [0.4, 0.5) is 0 Å². The number of thiazole rings is 1. The predicted molar refractivity (Wildman–Crippen MR) is 112 cm³/mol. The predicted octanol–water partition coefficient (Wildman–Crippen LogP) is 3.78. The molecule has 0 bridgehead atoms. The summed E-state index contributed by atoms with van der Waals surface area (Å²) in [6.45, 7) is 1.97. The molecule has 0 fully saturated rings. The number of nitrogens with zero attached hydrogens (tertiary/aromatic N) is 2. The van der Waals surface area contributed by atoms with E-state index in [1.165, 1.54) is 23.1 Å². The molecule has 0 saturated heterocycles. The van der Waals surface area contributed by atoms with Gasteiger partial charge in [-0.2, -0.15) is 0 Å². The number of amides is 1. The molecule has 0 aliphatic heterocycles. The Labute approximate surface area is 168 Å². The van der Waals surface area contributed by atoms with Gasteiger partial charge in [0.1, 0.15) is 5.56 Å². The van der Waals surface area contributed by atoms with Gasteiger partial charge in [0.2, 0.25) is 0 Å². The molecule has 1 amide bonds. The second-order valence-electron chi connectivity index (χ2n) is 7.53. The Bertz CT molecular complexity index is 1040. The van der Waals surface area contributed by atoms with Gasteiger partial charge in [-0.05, 0) is 51.0 Å². The number of hydrogen-bond donors (Lipinski definition) is 1. The van der Waals surface area contributed by atoms with Crippen molar-refractivity contribution in [3.63, 3.8) is 0 Å². The third-order valence-electron chi connectivity index (χ3n) is 5.38. The second-order valence-corrected chi connectivity index (χ2v) is 8.59. The number of carbonyl (C=O) groups is 1. The van der Waals surface area contributed by atoms with E-state index in [0.717, 1.165) is 44.2 Å². The molecule has 1 N–H and O–H groups in total. The lowest BCUT2D eigenvalue weighted by Crippen LogP contribution is -2.37. The number of carbonyl (C=O) groups excluding carboxylic acids is 1. The molecule has 0 radical (unpaired) electrons. The summed E-state index contributed by atoms with van der Waals surface area (Å²) >= 11 is 1.59. The third-order valence-corrected chi connectivity index (χ3v) is 6.54. The van der Waals surface area contributed by atoms with Gasteiger partial charge < -0.3 is 5.32 Å². The maximum atomic E-state index is 13.0. The minimum atomic E-state index is -0.332. The first-order valence-corrected chi connectivity index (χ1v) is 10.8. The van der Waals surface area contributed by atoms with Crippen LogP contribution in [-0.2, 0) is 19.3 Å². The molecule has 3 aromatic rings.